The van der Waals surface area contributed by atoms with E-state index in [4.69, 9.17) is 4.74 Å². The van der Waals surface area contributed by atoms with Gasteiger partial charge in [0.05, 0.1) is 13.7 Å². The van der Waals surface area contributed by atoms with Crippen LogP contribution in [0.25, 0.3) is 0 Å². The topological polar surface area (TPSA) is 52.0 Å². The van der Waals surface area contributed by atoms with E-state index in [0.29, 0.717) is 12.6 Å². The number of aryl methyl sites for hydroxylation is 1. The Morgan fingerprint density at radius 3 is 2.79 bits per heavy atom. The van der Waals surface area contributed by atoms with Crippen molar-refractivity contribution in [3.8, 4) is 5.75 Å². The number of methoxy groups -OCH3 is 1. The second kappa shape index (κ2) is 5.73. The molecule has 0 unspecified atom stereocenters. The average molecular weight is 260 g/mol. The zero-order chi connectivity index (χ0) is 13.8. The summed E-state index contributed by atoms with van der Waals surface area (Å²) in [4.78, 5) is 4.28. The first kappa shape index (κ1) is 13.4. The van der Waals surface area contributed by atoms with E-state index in [9.17, 15) is 0 Å². The van der Waals surface area contributed by atoms with Gasteiger partial charge in [0.2, 0.25) is 0 Å². The molecule has 0 saturated carbocycles. The van der Waals surface area contributed by atoms with Crippen molar-refractivity contribution in [2.75, 3.05) is 12.4 Å². The first-order valence-electron chi connectivity index (χ1n) is 6.38. The lowest BCUT2D eigenvalue weighted by molar-refractivity contribution is 0.414. The van der Waals surface area contributed by atoms with Gasteiger partial charge in [0.25, 0.3) is 0 Å². The van der Waals surface area contributed by atoms with Crippen LogP contribution in [0.3, 0.4) is 0 Å². The van der Waals surface area contributed by atoms with Gasteiger partial charge in [-0.3, -0.25) is 0 Å². The van der Waals surface area contributed by atoms with Crippen LogP contribution < -0.4 is 10.1 Å². The summed E-state index contributed by atoms with van der Waals surface area (Å²) in [5.74, 6) is 1.80. The van der Waals surface area contributed by atoms with Crippen molar-refractivity contribution in [1.29, 1.82) is 0 Å². The SMILES string of the molecule is COc1ccc(NCc2ncnn2C(C)C)c(C)c1. The van der Waals surface area contributed by atoms with Crippen molar-refractivity contribution in [3.05, 3.63) is 35.9 Å². The minimum absolute atomic E-state index is 0.316. The summed E-state index contributed by atoms with van der Waals surface area (Å²) in [6, 6.07) is 6.29. The Bertz CT molecular complexity index is 548. The fraction of sp³-hybridized carbons (Fsp3) is 0.429. The fourth-order valence-corrected chi connectivity index (χ4v) is 1.97. The Hall–Kier alpha value is -2.04. The highest BCUT2D eigenvalue weighted by molar-refractivity contribution is 5.53. The highest BCUT2D eigenvalue weighted by atomic mass is 16.5. The van der Waals surface area contributed by atoms with Gasteiger partial charge in [-0.2, -0.15) is 5.10 Å². The quantitative estimate of drug-likeness (QED) is 0.898. The van der Waals surface area contributed by atoms with Crippen LogP contribution in [0.5, 0.6) is 5.75 Å². The molecule has 1 aromatic carbocycles. The van der Waals surface area contributed by atoms with Crippen LogP contribution in [-0.4, -0.2) is 21.9 Å². The van der Waals surface area contributed by atoms with E-state index in [-0.39, 0.29) is 0 Å². The molecule has 102 valence electrons. The number of ether oxygens (including phenoxy) is 1. The fourth-order valence-electron chi connectivity index (χ4n) is 1.97. The van der Waals surface area contributed by atoms with Crippen molar-refractivity contribution in [2.24, 2.45) is 0 Å². The molecule has 0 atom stereocenters. The molecule has 19 heavy (non-hydrogen) atoms. The Labute approximate surface area is 113 Å². The summed E-state index contributed by atoms with van der Waals surface area (Å²) < 4.78 is 7.12. The molecule has 2 aromatic rings. The van der Waals surface area contributed by atoms with Crippen molar-refractivity contribution in [3.63, 3.8) is 0 Å². The summed E-state index contributed by atoms with van der Waals surface area (Å²) in [6.45, 7) is 6.90. The molecule has 0 amide bonds. The number of benzene rings is 1. The lowest BCUT2D eigenvalue weighted by Crippen LogP contribution is -2.12. The van der Waals surface area contributed by atoms with Gasteiger partial charge in [0.15, 0.2) is 0 Å². The zero-order valence-electron chi connectivity index (χ0n) is 11.8. The number of nitrogens with zero attached hydrogens (tertiary/aromatic N) is 3. The molecule has 1 N–H and O–H groups in total. The summed E-state index contributed by atoms with van der Waals surface area (Å²) in [5, 5.41) is 7.61. The Balaban J connectivity index is 2.08. The molecule has 2 rings (SSSR count). The Morgan fingerprint density at radius 1 is 1.37 bits per heavy atom. The van der Waals surface area contributed by atoms with Gasteiger partial charge >= 0.3 is 0 Å². The lowest BCUT2D eigenvalue weighted by Gasteiger charge is -2.13. The summed E-state index contributed by atoms with van der Waals surface area (Å²) in [5.41, 5.74) is 2.23. The highest BCUT2D eigenvalue weighted by Crippen LogP contribution is 2.21. The lowest BCUT2D eigenvalue weighted by atomic mass is 10.2. The van der Waals surface area contributed by atoms with Crippen molar-refractivity contribution < 1.29 is 4.74 Å². The van der Waals surface area contributed by atoms with E-state index < -0.39 is 0 Å². The number of hydrogen-bond donors (Lipinski definition) is 1. The molecule has 0 spiro atoms. The van der Waals surface area contributed by atoms with Crippen LogP contribution in [0.1, 0.15) is 31.3 Å². The molecule has 0 bridgehead atoms. The van der Waals surface area contributed by atoms with Crippen LogP contribution in [0.4, 0.5) is 5.69 Å². The normalized spacial score (nSPS) is 10.8. The molecular formula is C14H20N4O. The molecule has 0 fully saturated rings. The highest BCUT2D eigenvalue weighted by Gasteiger charge is 2.08. The van der Waals surface area contributed by atoms with Gasteiger partial charge in [-0.05, 0) is 44.5 Å². The Kier molecular flexibility index (Phi) is 4.04. The molecule has 1 heterocycles. The van der Waals surface area contributed by atoms with Crippen molar-refractivity contribution in [2.45, 2.75) is 33.4 Å². The maximum Gasteiger partial charge on any atom is 0.146 e. The molecular weight excluding hydrogens is 240 g/mol. The third-order valence-corrected chi connectivity index (χ3v) is 3.01. The van der Waals surface area contributed by atoms with Gasteiger partial charge in [0, 0.05) is 11.7 Å². The number of nitrogens with one attached hydrogen (secondary N) is 1. The smallest absolute Gasteiger partial charge is 0.146 e. The molecule has 0 aliphatic carbocycles. The minimum atomic E-state index is 0.316. The van der Waals surface area contributed by atoms with Crippen LogP contribution in [0.15, 0.2) is 24.5 Å². The van der Waals surface area contributed by atoms with Crippen LogP contribution >= 0.6 is 0 Å². The molecule has 0 saturated heterocycles. The number of anilines is 1. The van der Waals surface area contributed by atoms with E-state index in [1.807, 2.05) is 22.9 Å². The predicted molar refractivity (Wildman–Crippen MR) is 75.5 cm³/mol. The number of aromatic nitrogens is 3. The maximum atomic E-state index is 5.20. The number of hydrogen-bond acceptors (Lipinski definition) is 4. The summed E-state index contributed by atoms with van der Waals surface area (Å²) in [7, 11) is 1.67. The van der Waals surface area contributed by atoms with Crippen molar-refractivity contribution >= 4 is 5.69 Å². The van der Waals surface area contributed by atoms with E-state index in [2.05, 4.69) is 36.2 Å². The Morgan fingerprint density at radius 2 is 2.16 bits per heavy atom. The predicted octanol–water partition coefficient (Wildman–Crippen LogP) is 2.79. The van der Waals surface area contributed by atoms with Crippen LogP contribution in [0, 0.1) is 6.92 Å². The van der Waals surface area contributed by atoms with E-state index >= 15 is 0 Å². The van der Waals surface area contributed by atoms with Crippen LogP contribution in [-0.2, 0) is 6.54 Å². The molecule has 5 heteroatoms. The minimum Gasteiger partial charge on any atom is -0.497 e. The maximum absolute atomic E-state index is 5.20. The summed E-state index contributed by atoms with van der Waals surface area (Å²) >= 11 is 0. The number of rotatable bonds is 5. The van der Waals surface area contributed by atoms with E-state index in [0.717, 1.165) is 22.8 Å². The third kappa shape index (κ3) is 3.05. The second-order valence-corrected chi connectivity index (χ2v) is 4.75. The largest absolute Gasteiger partial charge is 0.497 e. The zero-order valence-corrected chi connectivity index (χ0v) is 11.8. The van der Waals surface area contributed by atoms with Crippen molar-refractivity contribution in [1.82, 2.24) is 14.8 Å². The van der Waals surface area contributed by atoms with Gasteiger partial charge in [-0.15, -0.1) is 0 Å². The monoisotopic (exact) mass is 260 g/mol. The molecule has 1 aromatic heterocycles. The van der Waals surface area contributed by atoms with Gasteiger partial charge in [-0.1, -0.05) is 0 Å². The van der Waals surface area contributed by atoms with Crippen LogP contribution in [0.2, 0.25) is 0 Å². The first-order valence-corrected chi connectivity index (χ1v) is 6.38. The first-order chi connectivity index (χ1) is 9.11. The van der Waals surface area contributed by atoms with Gasteiger partial charge in [0.1, 0.15) is 17.9 Å². The van der Waals surface area contributed by atoms with E-state index in [1.54, 1.807) is 13.4 Å². The molecule has 5 nitrogen and oxygen atoms in total. The molecule has 0 aliphatic rings. The molecule has 0 aliphatic heterocycles. The standard InChI is InChI=1S/C14H20N4O/c1-10(2)18-14(16-9-17-18)8-15-13-6-5-12(19-4)7-11(13)3/h5-7,9-10,15H,8H2,1-4H3. The van der Waals surface area contributed by atoms with Gasteiger partial charge in [-0.25, -0.2) is 9.67 Å². The van der Waals surface area contributed by atoms with E-state index in [1.165, 1.54) is 0 Å². The second-order valence-electron chi connectivity index (χ2n) is 4.75. The van der Waals surface area contributed by atoms with Gasteiger partial charge < -0.3 is 10.1 Å². The molecule has 0 radical (unpaired) electrons. The summed E-state index contributed by atoms with van der Waals surface area (Å²) in [6.07, 6.45) is 1.60. The third-order valence-electron chi connectivity index (χ3n) is 3.01. The average Bonchev–Trinajstić information content (AvgIpc) is 2.85.